The normalized spacial score (nSPS) is 18.1. The maximum Gasteiger partial charge on any atom is 0.338 e. The second-order valence-corrected chi connectivity index (χ2v) is 5.76. The molecule has 0 bridgehead atoms. The lowest BCUT2D eigenvalue weighted by atomic mass is 9.72. The summed E-state index contributed by atoms with van der Waals surface area (Å²) in [4.78, 5) is 12.6. The zero-order chi connectivity index (χ0) is 18.9. The van der Waals surface area contributed by atoms with Crippen LogP contribution in [-0.2, 0) is 14.9 Å². The molecule has 0 saturated heterocycles. The Balaban J connectivity index is 2.37. The van der Waals surface area contributed by atoms with E-state index in [-0.39, 0.29) is 11.3 Å². The van der Waals surface area contributed by atoms with Crippen molar-refractivity contribution in [2.45, 2.75) is 5.41 Å². The van der Waals surface area contributed by atoms with Crippen molar-refractivity contribution in [3.05, 3.63) is 64.7 Å². The third-order valence-corrected chi connectivity index (χ3v) is 4.64. The summed E-state index contributed by atoms with van der Waals surface area (Å²) in [7, 11) is 4.30. The fourth-order valence-electron chi connectivity index (χ4n) is 3.43. The highest BCUT2D eigenvalue weighted by Gasteiger charge is 2.50. The molecule has 3 rings (SSSR count). The molecule has 1 aliphatic carbocycles. The Bertz CT molecular complexity index is 959. The highest BCUT2D eigenvalue weighted by atomic mass is 16.5. The molecular weight excluding hydrogens is 332 g/mol. The minimum Gasteiger partial charge on any atom is -0.493 e. The lowest BCUT2D eigenvalue weighted by Gasteiger charge is -2.26. The van der Waals surface area contributed by atoms with Crippen LogP contribution in [0.2, 0.25) is 0 Å². The molecule has 0 aromatic heterocycles. The van der Waals surface area contributed by atoms with Crippen molar-refractivity contribution in [2.75, 3.05) is 21.3 Å². The minimum absolute atomic E-state index is 0.107. The second kappa shape index (κ2) is 6.45. The van der Waals surface area contributed by atoms with Gasteiger partial charge in [0, 0.05) is 5.56 Å². The topological polar surface area (TPSA) is 94.6 Å². The fourth-order valence-corrected chi connectivity index (χ4v) is 3.43. The van der Waals surface area contributed by atoms with E-state index in [1.807, 2.05) is 6.07 Å². The summed E-state index contributed by atoms with van der Waals surface area (Å²) >= 11 is 0. The summed E-state index contributed by atoms with van der Waals surface area (Å²) in [6, 6.07) is 14.6. The average molecular weight is 350 g/mol. The number of benzene rings is 2. The van der Waals surface area contributed by atoms with E-state index >= 15 is 0 Å². The van der Waals surface area contributed by atoms with Crippen LogP contribution in [0.15, 0.2) is 48.0 Å². The van der Waals surface area contributed by atoms with Gasteiger partial charge in [-0.15, -0.1) is 0 Å². The predicted octanol–water partition coefficient (Wildman–Crippen LogP) is 2.37. The van der Waals surface area contributed by atoms with Crippen LogP contribution < -0.4 is 15.2 Å². The molecule has 1 atom stereocenters. The van der Waals surface area contributed by atoms with Gasteiger partial charge in [-0.2, -0.15) is 5.26 Å². The van der Waals surface area contributed by atoms with E-state index in [9.17, 15) is 10.1 Å². The standard InChI is InChI=1S/C20H18N2O4/c1-24-15-9-8-12(10-16(15)25-2)20(11-21)14-7-5-4-6-13(14)18(22)17(20)19(23)26-3/h4-10H,22H2,1-3H3. The monoisotopic (exact) mass is 350 g/mol. The predicted molar refractivity (Wildman–Crippen MR) is 95.5 cm³/mol. The SMILES string of the molecule is COC(=O)C1=C(N)c2ccccc2C1(C#N)c1ccc(OC)c(OC)c1. The smallest absolute Gasteiger partial charge is 0.338 e. The van der Waals surface area contributed by atoms with Crippen LogP contribution in [0.25, 0.3) is 5.70 Å². The van der Waals surface area contributed by atoms with Crippen molar-refractivity contribution < 1.29 is 19.0 Å². The molecule has 132 valence electrons. The van der Waals surface area contributed by atoms with Crippen LogP contribution in [0.4, 0.5) is 0 Å². The maximum atomic E-state index is 12.6. The first-order valence-electron chi connectivity index (χ1n) is 7.87. The van der Waals surface area contributed by atoms with Crippen molar-refractivity contribution in [3.8, 4) is 17.6 Å². The summed E-state index contributed by atoms with van der Waals surface area (Å²) in [5.41, 5.74) is 7.03. The number of nitriles is 1. The molecule has 26 heavy (non-hydrogen) atoms. The van der Waals surface area contributed by atoms with Crippen LogP contribution in [0.1, 0.15) is 16.7 Å². The number of hydrogen-bond donors (Lipinski definition) is 1. The van der Waals surface area contributed by atoms with Gasteiger partial charge >= 0.3 is 5.97 Å². The van der Waals surface area contributed by atoms with Crippen LogP contribution in [0, 0.1) is 11.3 Å². The van der Waals surface area contributed by atoms with Crippen molar-refractivity contribution in [3.63, 3.8) is 0 Å². The van der Waals surface area contributed by atoms with Crippen LogP contribution in [0.3, 0.4) is 0 Å². The number of carbonyl (C=O) groups is 1. The number of methoxy groups -OCH3 is 3. The van der Waals surface area contributed by atoms with Crippen molar-refractivity contribution >= 4 is 11.7 Å². The summed E-state index contributed by atoms with van der Waals surface area (Å²) < 4.78 is 15.6. The van der Waals surface area contributed by atoms with E-state index in [2.05, 4.69) is 6.07 Å². The highest BCUT2D eigenvalue weighted by molar-refractivity contribution is 6.05. The molecule has 0 aliphatic heterocycles. The van der Waals surface area contributed by atoms with Crippen molar-refractivity contribution in [1.82, 2.24) is 0 Å². The molecule has 1 aliphatic rings. The van der Waals surface area contributed by atoms with E-state index in [4.69, 9.17) is 19.9 Å². The third-order valence-electron chi connectivity index (χ3n) is 4.64. The highest BCUT2D eigenvalue weighted by Crippen LogP contribution is 2.50. The van der Waals surface area contributed by atoms with Gasteiger partial charge in [-0.1, -0.05) is 30.3 Å². The number of ether oxygens (including phenoxy) is 3. The summed E-state index contributed by atoms with van der Waals surface area (Å²) in [6.45, 7) is 0. The van der Waals surface area contributed by atoms with Crippen molar-refractivity contribution in [2.24, 2.45) is 5.73 Å². The molecule has 0 saturated carbocycles. The van der Waals surface area contributed by atoms with E-state index in [1.165, 1.54) is 21.3 Å². The Morgan fingerprint density at radius 1 is 1.08 bits per heavy atom. The van der Waals surface area contributed by atoms with Gasteiger partial charge in [-0.25, -0.2) is 4.79 Å². The largest absolute Gasteiger partial charge is 0.493 e. The lowest BCUT2D eigenvalue weighted by Crippen LogP contribution is -2.31. The number of hydrogen-bond acceptors (Lipinski definition) is 6. The molecule has 2 aromatic rings. The molecule has 6 nitrogen and oxygen atoms in total. The maximum absolute atomic E-state index is 12.6. The van der Waals surface area contributed by atoms with Gasteiger partial charge in [0.1, 0.15) is 5.41 Å². The molecule has 1 unspecified atom stereocenters. The number of fused-ring (bicyclic) bond motifs is 1. The number of nitrogens with zero attached hydrogens (tertiary/aromatic N) is 1. The Morgan fingerprint density at radius 3 is 2.38 bits per heavy atom. The van der Waals surface area contributed by atoms with Gasteiger partial charge in [0.2, 0.25) is 0 Å². The number of nitrogens with two attached hydrogens (primary N) is 1. The lowest BCUT2D eigenvalue weighted by molar-refractivity contribution is -0.136. The molecule has 0 radical (unpaired) electrons. The molecule has 2 aromatic carbocycles. The molecular formula is C20H18N2O4. The number of carbonyl (C=O) groups excluding carboxylic acids is 1. The van der Waals surface area contributed by atoms with Crippen LogP contribution in [0.5, 0.6) is 11.5 Å². The minimum atomic E-state index is -1.40. The van der Waals surface area contributed by atoms with Gasteiger partial charge in [-0.3, -0.25) is 0 Å². The average Bonchev–Trinajstić information content (AvgIpc) is 2.96. The third kappa shape index (κ3) is 2.21. The van der Waals surface area contributed by atoms with E-state index in [0.29, 0.717) is 28.2 Å². The van der Waals surface area contributed by atoms with Crippen molar-refractivity contribution in [1.29, 1.82) is 5.26 Å². The first-order chi connectivity index (χ1) is 12.5. The van der Waals surface area contributed by atoms with Gasteiger partial charge in [-0.05, 0) is 23.3 Å². The Kier molecular flexibility index (Phi) is 4.31. The first kappa shape index (κ1) is 17.4. The summed E-state index contributed by atoms with van der Waals surface area (Å²) in [6.07, 6.45) is 0. The van der Waals surface area contributed by atoms with Gasteiger partial charge < -0.3 is 19.9 Å². The first-order valence-corrected chi connectivity index (χ1v) is 7.87. The van der Waals surface area contributed by atoms with E-state index in [0.717, 1.165) is 0 Å². The van der Waals surface area contributed by atoms with Gasteiger partial charge in [0.05, 0.1) is 38.7 Å². The summed E-state index contributed by atoms with van der Waals surface area (Å²) in [5, 5.41) is 10.2. The Hall–Kier alpha value is -3.46. The molecule has 0 fully saturated rings. The molecule has 0 spiro atoms. The molecule has 2 N–H and O–H groups in total. The van der Waals surface area contributed by atoms with Crippen LogP contribution >= 0.6 is 0 Å². The Labute approximate surface area is 151 Å². The quantitative estimate of drug-likeness (QED) is 0.851. The number of esters is 1. The molecule has 0 amide bonds. The Morgan fingerprint density at radius 2 is 1.77 bits per heavy atom. The summed E-state index contributed by atoms with van der Waals surface area (Å²) in [5.74, 6) is 0.328. The fraction of sp³-hybridized carbons (Fsp3) is 0.200. The zero-order valence-corrected chi connectivity index (χ0v) is 14.7. The van der Waals surface area contributed by atoms with Gasteiger partial charge in [0.15, 0.2) is 11.5 Å². The molecule has 0 heterocycles. The van der Waals surface area contributed by atoms with Crippen LogP contribution in [-0.4, -0.2) is 27.3 Å². The van der Waals surface area contributed by atoms with Gasteiger partial charge in [0.25, 0.3) is 0 Å². The second-order valence-electron chi connectivity index (χ2n) is 5.76. The van der Waals surface area contributed by atoms with E-state index < -0.39 is 11.4 Å². The zero-order valence-electron chi connectivity index (χ0n) is 14.7. The van der Waals surface area contributed by atoms with E-state index in [1.54, 1.807) is 36.4 Å². The molecule has 6 heteroatoms. The number of rotatable bonds is 4.